The Morgan fingerprint density at radius 3 is 2.50 bits per heavy atom. The van der Waals surface area contributed by atoms with Gasteiger partial charge in [-0.2, -0.15) is 0 Å². The lowest BCUT2D eigenvalue weighted by Crippen LogP contribution is -2.08. The Hall–Kier alpha value is -1.66. The van der Waals surface area contributed by atoms with E-state index in [0.29, 0.717) is 0 Å². The summed E-state index contributed by atoms with van der Waals surface area (Å²) in [7, 11) is -3.92. The maximum absolute atomic E-state index is 13.5. The van der Waals surface area contributed by atoms with Crippen molar-refractivity contribution in [3.05, 3.63) is 58.6 Å². The Kier molecular flexibility index (Phi) is 3.96. The Morgan fingerprint density at radius 1 is 1.10 bits per heavy atom. The smallest absolute Gasteiger partial charge is 0.184 e. The van der Waals surface area contributed by atoms with Gasteiger partial charge in [-0.05, 0) is 36.4 Å². The highest BCUT2D eigenvalue weighted by molar-refractivity contribution is 7.90. The van der Waals surface area contributed by atoms with Crippen molar-refractivity contribution in [2.75, 3.05) is 5.73 Å². The highest BCUT2D eigenvalue weighted by atomic mass is 35.5. The first-order chi connectivity index (χ1) is 9.29. The van der Waals surface area contributed by atoms with Crippen molar-refractivity contribution in [2.45, 2.75) is 10.6 Å². The first kappa shape index (κ1) is 14.7. The minimum atomic E-state index is -3.92. The van der Waals surface area contributed by atoms with Crippen molar-refractivity contribution >= 4 is 27.1 Å². The van der Waals surface area contributed by atoms with E-state index in [4.69, 9.17) is 17.3 Å². The largest absolute Gasteiger partial charge is 0.399 e. The van der Waals surface area contributed by atoms with Crippen molar-refractivity contribution in [1.29, 1.82) is 0 Å². The zero-order valence-corrected chi connectivity index (χ0v) is 11.7. The Labute approximate surface area is 119 Å². The number of nitrogen functional groups attached to an aromatic ring is 1. The maximum atomic E-state index is 13.5. The topological polar surface area (TPSA) is 60.2 Å². The number of sulfone groups is 1. The third-order valence-electron chi connectivity index (χ3n) is 2.64. The zero-order chi connectivity index (χ0) is 14.9. The number of hydrogen-bond acceptors (Lipinski definition) is 3. The number of anilines is 1. The minimum Gasteiger partial charge on any atom is -0.399 e. The first-order valence-electron chi connectivity index (χ1n) is 5.51. The summed E-state index contributed by atoms with van der Waals surface area (Å²) in [6.45, 7) is 0. The van der Waals surface area contributed by atoms with Gasteiger partial charge in [0.05, 0.1) is 15.7 Å². The van der Waals surface area contributed by atoms with Gasteiger partial charge in [0.15, 0.2) is 9.84 Å². The van der Waals surface area contributed by atoms with Gasteiger partial charge in [0.2, 0.25) is 0 Å². The van der Waals surface area contributed by atoms with Gasteiger partial charge in [-0.25, -0.2) is 17.2 Å². The zero-order valence-electron chi connectivity index (χ0n) is 10.1. The van der Waals surface area contributed by atoms with Gasteiger partial charge in [0, 0.05) is 11.3 Å². The molecule has 2 rings (SSSR count). The van der Waals surface area contributed by atoms with Crippen LogP contribution < -0.4 is 5.73 Å². The monoisotopic (exact) mass is 317 g/mol. The lowest BCUT2D eigenvalue weighted by Gasteiger charge is -2.08. The van der Waals surface area contributed by atoms with Crippen molar-refractivity contribution in [2.24, 2.45) is 0 Å². The summed E-state index contributed by atoms with van der Waals surface area (Å²) in [5.74, 6) is -2.20. The predicted molar refractivity (Wildman–Crippen MR) is 73.1 cm³/mol. The highest BCUT2D eigenvalue weighted by Gasteiger charge is 2.21. The van der Waals surface area contributed by atoms with Crippen LogP contribution in [0.2, 0.25) is 5.02 Å². The van der Waals surface area contributed by atoms with E-state index in [1.165, 1.54) is 18.2 Å². The van der Waals surface area contributed by atoms with Crippen LogP contribution in [0, 0.1) is 11.6 Å². The molecule has 0 bridgehead atoms. The van der Waals surface area contributed by atoms with Crippen molar-refractivity contribution in [3.63, 3.8) is 0 Å². The minimum absolute atomic E-state index is 0.0176. The van der Waals surface area contributed by atoms with E-state index in [0.717, 1.165) is 18.2 Å². The molecule has 0 fully saturated rings. The molecule has 0 aliphatic carbocycles. The Bertz CT molecular complexity index is 763. The van der Waals surface area contributed by atoms with Crippen LogP contribution >= 0.6 is 11.6 Å². The number of hydrogen-bond donors (Lipinski definition) is 1. The van der Waals surface area contributed by atoms with Gasteiger partial charge in [0.25, 0.3) is 0 Å². The lowest BCUT2D eigenvalue weighted by molar-refractivity contribution is 0.578. The average Bonchev–Trinajstić information content (AvgIpc) is 2.36. The molecule has 0 saturated carbocycles. The van der Waals surface area contributed by atoms with E-state index < -0.39 is 27.2 Å². The van der Waals surface area contributed by atoms with Crippen molar-refractivity contribution in [3.8, 4) is 0 Å². The van der Waals surface area contributed by atoms with E-state index in [2.05, 4.69) is 0 Å². The third kappa shape index (κ3) is 3.08. The summed E-state index contributed by atoms with van der Waals surface area (Å²) in [5.41, 5.74) is 5.47. The highest BCUT2D eigenvalue weighted by Crippen LogP contribution is 2.27. The van der Waals surface area contributed by atoms with Crippen LogP contribution in [0.4, 0.5) is 14.5 Å². The quantitative estimate of drug-likeness (QED) is 0.884. The summed E-state index contributed by atoms with van der Waals surface area (Å²) in [6, 6.07) is 6.61. The molecule has 0 unspecified atom stereocenters. The molecule has 0 atom stereocenters. The van der Waals surface area contributed by atoms with Gasteiger partial charge in [-0.15, -0.1) is 0 Å². The average molecular weight is 318 g/mol. The van der Waals surface area contributed by atoms with Crippen molar-refractivity contribution < 1.29 is 17.2 Å². The summed E-state index contributed by atoms with van der Waals surface area (Å²) in [5, 5.41) is -0.0176. The summed E-state index contributed by atoms with van der Waals surface area (Å²) < 4.78 is 51.0. The van der Waals surface area contributed by atoms with Gasteiger partial charge < -0.3 is 5.73 Å². The van der Waals surface area contributed by atoms with E-state index in [1.54, 1.807) is 0 Å². The molecule has 2 N–H and O–H groups in total. The van der Waals surface area contributed by atoms with Crippen LogP contribution in [0.3, 0.4) is 0 Å². The Balaban J connectivity index is 2.46. The molecule has 0 spiro atoms. The molecule has 0 amide bonds. The number of halogens is 3. The molecule has 0 radical (unpaired) electrons. The third-order valence-corrected chi connectivity index (χ3v) is 4.78. The van der Waals surface area contributed by atoms with E-state index in [-0.39, 0.29) is 21.2 Å². The lowest BCUT2D eigenvalue weighted by atomic mass is 10.2. The second-order valence-corrected chi connectivity index (χ2v) is 6.55. The maximum Gasteiger partial charge on any atom is 0.184 e. The molecule has 0 heterocycles. The van der Waals surface area contributed by atoms with Crippen LogP contribution in [-0.2, 0) is 15.6 Å². The molecule has 2 aromatic carbocycles. The molecule has 106 valence electrons. The fourth-order valence-electron chi connectivity index (χ4n) is 1.69. The standard InChI is InChI=1S/C13H10ClF2NO2S/c14-11-3-2-10(17)6-13(11)20(18,19)7-8-5-9(15)1-4-12(8)16/h1-6H,7,17H2. The summed E-state index contributed by atoms with van der Waals surface area (Å²) >= 11 is 5.82. The molecule has 20 heavy (non-hydrogen) atoms. The number of rotatable bonds is 3. The van der Waals surface area contributed by atoms with Gasteiger partial charge >= 0.3 is 0 Å². The molecule has 0 aromatic heterocycles. The first-order valence-corrected chi connectivity index (χ1v) is 7.54. The predicted octanol–water partition coefficient (Wildman–Crippen LogP) is 3.17. The molecule has 0 saturated heterocycles. The number of benzene rings is 2. The van der Waals surface area contributed by atoms with E-state index >= 15 is 0 Å². The molecular formula is C13H10ClF2NO2S. The molecule has 7 heteroatoms. The fraction of sp³-hybridized carbons (Fsp3) is 0.0769. The van der Waals surface area contributed by atoms with E-state index in [9.17, 15) is 17.2 Å². The fourth-order valence-corrected chi connectivity index (χ4v) is 3.63. The summed E-state index contributed by atoms with van der Waals surface area (Å²) in [6.07, 6.45) is 0. The molecule has 0 aliphatic heterocycles. The van der Waals surface area contributed by atoms with Crippen LogP contribution in [0.15, 0.2) is 41.3 Å². The number of nitrogens with two attached hydrogens (primary N) is 1. The van der Waals surface area contributed by atoms with Gasteiger partial charge in [0.1, 0.15) is 11.6 Å². The summed E-state index contributed by atoms with van der Waals surface area (Å²) in [4.78, 5) is -0.206. The second kappa shape index (κ2) is 5.38. The molecule has 0 aliphatic rings. The van der Waals surface area contributed by atoms with Crippen LogP contribution in [0.5, 0.6) is 0 Å². The van der Waals surface area contributed by atoms with Crippen LogP contribution in [0.1, 0.15) is 5.56 Å². The van der Waals surface area contributed by atoms with E-state index in [1.807, 2.05) is 0 Å². The molecule has 3 nitrogen and oxygen atoms in total. The molecule has 2 aromatic rings. The normalized spacial score (nSPS) is 11.6. The Morgan fingerprint density at radius 2 is 1.80 bits per heavy atom. The van der Waals surface area contributed by atoms with Crippen molar-refractivity contribution in [1.82, 2.24) is 0 Å². The second-order valence-electron chi connectivity index (χ2n) is 4.18. The van der Waals surface area contributed by atoms with Gasteiger partial charge in [-0.1, -0.05) is 11.6 Å². The van der Waals surface area contributed by atoms with Crippen LogP contribution in [-0.4, -0.2) is 8.42 Å². The van der Waals surface area contributed by atoms with Crippen LogP contribution in [0.25, 0.3) is 0 Å². The van der Waals surface area contributed by atoms with Gasteiger partial charge in [-0.3, -0.25) is 0 Å². The molecular weight excluding hydrogens is 308 g/mol. The SMILES string of the molecule is Nc1ccc(Cl)c(S(=O)(=O)Cc2cc(F)ccc2F)c1.